The minimum Gasteiger partial charge on any atom is -0.591 e. The van der Waals surface area contributed by atoms with Crippen molar-refractivity contribution in [1.29, 1.82) is 0 Å². The van der Waals surface area contributed by atoms with Crippen molar-refractivity contribution >= 4 is 23.3 Å². The van der Waals surface area contributed by atoms with Gasteiger partial charge in [-0.15, -0.1) is 0 Å². The maximum absolute atomic E-state index is 13.1. The van der Waals surface area contributed by atoms with Crippen molar-refractivity contribution in [3.05, 3.63) is 29.6 Å². The number of rotatable bonds is 3. The fourth-order valence-electron chi connectivity index (χ4n) is 1.85. The van der Waals surface area contributed by atoms with Gasteiger partial charge in [-0.05, 0) is 50.8 Å². The highest BCUT2D eigenvalue weighted by atomic mass is 32.2. The van der Waals surface area contributed by atoms with Crippen LogP contribution in [-0.2, 0) is 11.4 Å². The second kappa shape index (κ2) is 5.13. The Morgan fingerprint density at radius 1 is 1.47 bits per heavy atom. The van der Waals surface area contributed by atoms with E-state index < -0.39 is 11.4 Å². The van der Waals surface area contributed by atoms with Gasteiger partial charge in [-0.1, -0.05) is 10.5 Å². The Balaban J connectivity index is 1.98. The first-order chi connectivity index (χ1) is 8.79. The number of halogens is 1. The predicted molar refractivity (Wildman–Crippen MR) is 78.0 cm³/mol. The fourth-order valence-corrected chi connectivity index (χ4v) is 2.43. The summed E-state index contributed by atoms with van der Waals surface area (Å²) in [6.07, 6.45) is 2.72. The van der Waals surface area contributed by atoms with Crippen molar-refractivity contribution in [3.8, 4) is 0 Å². The van der Waals surface area contributed by atoms with Gasteiger partial charge < -0.3 is 10.3 Å². The minimum atomic E-state index is -1.21. The number of anilines is 1. The van der Waals surface area contributed by atoms with Crippen molar-refractivity contribution in [3.63, 3.8) is 0 Å². The van der Waals surface area contributed by atoms with Gasteiger partial charge in [0.25, 0.3) is 0 Å². The molecule has 0 aliphatic heterocycles. The van der Waals surface area contributed by atoms with Crippen LogP contribution in [0.15, 0.2) is 22.6 Å². The predicted octanol–water partition coefficient (Wildman–Crippen LogP) is 3.04. The van der Waals surface area contributed by atoms with Gasteiger partial charge in [-0.2, -0.15) is 0 Å². The molecule has 5 heteroatoms. The Morgan fingerprint density at radius 2 is 2.16 bits per heavy atom. The highest BCUT2D eigenvalue weighted by Gasteiger charge is 2.38. The molecule has 0 bridgehead atoms. The number of nitrogen functional groups attached to an aromatic ring is 1. The van der Waals surface area contributed by atoms with E-state index in [0.29, 0.717) is 5.92 Å². The molecule has 3 nitrogen and oxygen atoms in total. The average Bonchev–Trinajstić information content (AvgIpc) is 3.08. The lowest BCUT2D eigenvalue weighted by atomic mass is 10.1. The quantitative estimate of drug-likeness (QED) is 0.526. The largest absolute Gasteiger partial charge is 0.591 e. The van der Waals surface area contributed by atoms with Gasteiger partial charge in [-0.25, -0.2) is 4.39 Å². The second-order valence-corrected chi connectivity index (χ2v) is 7.84. The molecular formula is C14H19FN2OS. The molecule has 0 amide bonds. The van der Waals surface area contributed by atoms with Crippen LogP contribution in [0.25, 0.3) is 0 Å². The Hall–Kier alpha value is -1.07. The first-order valence-corrected chi connectivity index (χ1v) is 7.41. The molecule has 2 rings (SSSR count). The molecule has 1 fully saturated rings. The number of nitrogens with zero attached hydrogens (tertiary/aromatic N) is 1. The molecule has 0 radical (unpaired) electrons. The summed E-state index contributed by atoms with van der Waals surface area (Å²) >= 11 is -1.21. The minimum absolute atomic E-state index is 0.179. The van der Waals surface area contributed by atoms with E-state index in [0.717, 1.165) is 12.0 Å². The number of nitrogens with two attached hydrogens (primary N) is 1. The van der Waals surface area contributed by atoms with Crippen molar-refractivity contribution in [2.75, 3.05) is 5.73 Å². The van der Waals surface area contributed by atoms with Crippen LogP contribution in [0.3, 0.4) is 0 Å². The maximum Gasteiger partial charge on any atom is 0.146 e. The van der Waals surface area contributed by atoms with Gasteiger partial charge in [0.05, 0.1) is 11.9 Å². The van der Waals surface area contributed by atoms with Gasteiger partial charge >= 0.3 is 0 Å². The van der Waals surface area contributed by atoms with Gasteiger partial charge in [0.2, 0.25) is 0 Å². The van der Waals surface area contributed by atoms with E-state index in [9.17, 15) is 8.94 Å². The van der Waals surface area contributed by atoms with Crippen LogP contribution < -0.4 is 5.73 Å². The Labute approximate surface area is 116 Å². The molecule has 2 N–H and O–H groups in total. The van der Waals surface area contributed by atoms with Crippen LogP contribution in [0, 0.1) is 11.7 Å². The molecule has 0 saturated heterocycles. The smallest absolute Gasteiger partial charge is 0.146 e. The summed E-state index contributed by atoms with van der Waals surface area (Å²) in [6, 6.07) is 4.82. The number of benzene rings is 1. The Kier molecular flexibility index (Phi) is 3.87. The molecule has 1 aromatic rings. The lowest BCUT2D eigenvalue weighted by molar-refractivity contribution is 0.561. The lowest BCUT2D eigenvalue weighted by Crippen LogP contribution is -2.25. The van der Waals surface area contributed by atoms with E-state index in [1.807, 2.05) is 20.8 Å². The summed E-state index contributed by atoms with van der Waals surface area (Å²) in [5.41, 5.74) is 6.76. The molecule has 19 heavy (non-hydrogen) atoms. The van der Waals surface area contributed by atoms with Gasteiger partial charge in [-0.3, -0.25) is 0 Å². The van der Waals surface area contributed by atoms with Crippen molar-refractivity contribution < 1.29 is 8.94 Å². The van der Waals surface area contributed by atoms with Gasteiger partial charge in [0, 0.05) is 5.92 Å². The molecule has 0 spiro atoms. The number of hydrogen-bond donors (Lipinski definition) is 1. The standard InChI is InChI=1S/C14H19FN2OS/c1-14(2,3)19(18)17-8-10-6-11(10)9-4-5-12(15)13(16)7-9/h4-5,7-8,10-11H,6,16H2,1-3H3. The van der Waals surface area contributed by atoms with Gasteiger partial charge in [0.1, 0.15) is 21.9 Å². The highest BCUT2D eigenvalue weighted by Crippen LogP contribution is 2.46. The van der Waals surface area contributed by atoms with Crippen LogP contribution >= 0.6 is 0 Å². The van der Waals surface area contributed by atoms with Crippen LogP contribution in [0.5, 0.6) is 0 Å². The zero-order valence-electron chi connectivity index (χ0n) is 11.4. The summed E-state index contributed by atoms with van der Waals surface area (Å²) in [6.45, 7) is 5.68. The van der Waals surface area contributed by atoms with Crippen molar-refractivity contribution in [2.24, 2.45) is 10.3 Å². The monoisotopic (exact) mass is 282 g/mol. The average molecular weight is 282 g/mol. The zero-order valence-corrected chi connectivity index (χ0v) is 12.2. The van der Waals surface area contributed by atoms with Gasteiger partial charge in [0.15, 0.2) is 0 Å². The molecule has 1 aromatic carbocycles. The third-order valence-corrected chi connectivity index (χ3v) is 4.52. The van der Waals surface area contributed by atoms with E-state index in [2.05, 4.69) is 4.40 Å². The van der Waals surface area contributed by atoms with Crippen LogP contribution in [0.1, 0.15) is 38.7 Å². The SMILES string of the molecule is CC(C)(C)[S+]([O-])N=CC1CC1c1ccc(F)c(N)c1. The van der Waals surface area contributed by atoms with Crippen LogP contribution in [0.4, 0.5) is 10.1 Å². The summed E-state index contributed by atoms with van der Waals surface area (Å²) in [5, 5.41) is 0. The van der Waals surface area contributed by atoms with E-state index in [4.69, 9.17) is 5.73 Å². The fraction of sp³-hybridized carbons (Fsp3) is 0.500. The summed E-state index contributed by atoms with van der Waals surface area (Å²) in [4.78, 5) is 0. The van der Waals surface area contributed by atoms with Crippen molar-refractivity contribution in [2.45, 2.75) is 37.9 Å². The second-order valence-electron chi connectivity index (χ2n) is 5.90. The normalized spacial score (nSPS) is 24.7. The molecule has 1 aliphatic rings. The van der Waals surface area contributed by atoms with E-state index in [1.54, 1.807) is 18.3 Å². The Morgan fingerprint density at radius 3 is 2.74 bits per heavy atom. The molecule has 3 unspecified atom stereocenters. The summed E-state index contributed by atoms with van der Waals surface area (Å²) < 4.78 is 28.6. The topological polar surface area (TPSA) is 61.4 Å². The number of hydrogen-bond acceptors (Lipinski definition) is 3. The maximum atomic E-state index is 13.1. The molecular weight excluding hydrogens is 263 g/mol. The first-order valence-electron chi connectivity index (χ1n) is 6.30. The molecule has 1 aliphatic carbocycles. The lowest BCUT2D eigenvalue weighted by Gasteiger charge is -2.17. The zero-order chi connectivity index (χ0) is 14.2. The molecule has 0 heterocycles. The molecule has 104 valence electrons. The third kappa shape index (κ3) is 3.48. The molecule has 3 atom stereocenters. The first kappa shape index (κ1) is 14.3. The third-order valence-electron chi connectivity index (χ3n) is 3.16. The molecule has 1 saturated carbocycles. The highest BCUT2D eigenvalue weighted by molar-refractivity contribution is 7.91. The van der Waals surface area contributed by atoms with Crippen molar-refractivity contribution in [1.82, 2.24) is 0 Å². The van der Waals surface area contributed by atoms with Crippen LogP contribution in [-0.4, -0.2) is 15.5 Å². The summed E-state index contributed by atoms with van der Waals surface area (Å²) in [5.74, 6) is 0.225. The summed E-state index contributed by atoms with van der Waals surface area (Å²) in [7, 11) is 0. The molecule has 0 aromatic heterocycles. The van der Waals surface area contributed by atoms with E-state index in [-0.39, 0.29) is 22.2 Å². The Bertz CT molecular complexity index is 499. The van der Waals surface area contributed by atoms with Crippen LogP contribution in [0.2, 0.25) is 0 Å². The van der Waals surface area contributed by atoms with E-state index >= 15 is 0 Å². The van der Waals surface area contributed by atoms with E-state index in [1.165, 1.54) is 6.07 Å².